The molecule has 1 atom stereocenters. The maximum Gasteiger partial charge on any atom is 0.0535 e. The van der Waals surface area contributed by atoms with Crippen LogP contribution >= 0.6 is 11.3 Å². The molecule has 1 aromatic heterocycles. The molecule has 1 nitrogen and oxygen atoms in total. The molecule has 2 heterocycles. The van der Waals surface area contributed by atoms with Gasteiger partial charge in [0.2, 0.25) is 0 Å². The molecule has 1 unspecified atom stereocenters. The second-order valence-electron chi connectivity index (χ2n) is 3.54. The average Bonchev–Trinajstić information content (AvgIpc) is 2.67. The molecule has 2 heteroatoms. The zero-order valence-electron chi connectivity index (χ0n) is 8.01. The maximum absolute atomic E-state index is 5.49. The molecule has 1 aromatic rings. The van der Waals surface area contributed by atoms with Crippen molar-refractivity contribution in [2.75, 3.05) is 13.2 Å². The van der Waals surface area contributed by atoms with Gasteiger partial charge in [0.1, 0.15) is 0 Å². The molecule has 0 aliphatic carbocycles. The van der Waals surface area contributed by atoms with Gasteiger partial charge in [0.15, 0.2) is 0 Å². The SMILES string of the molecule is CCc1cs[c]c1C1CCCOC1. The summed E-state index contributed by atoms with van der Waals surface area (Å²) in [6, 6.07) is 0. The van der Waals surface area contributed by atoms with Crippen LogP contribution in [0.2, 0.25) is 0 Å². The van der Waals surface area contributed by atoms with Gasteiger partial charge in [-0.1, -0.05) is 6.92 Å². The zero-order chi connectivity index (χ0) is 9.10. The van der Waals surface area contributed by atoms with E-state index in [4.69, 9.17) is 4.74 Å². The van der Waals surface area contributed by atoms with Gasteiger partial charge in [-0.15, -0.1) is 11.3 Å². The van der Waals surface area contributed by atoms with Gasteiger partial charge in [-0.2, -0.15) is 0 Å². The highest BCUT2D eigenvalue weighted by Gasteiger charge is 2.19. The Bertz CT molecular complexity index is 261. The zero-order valence-corrected chi connectivity index (χ0v) is 8.82. The third kappa shape index (κ3) is 1.94. The van der Waals surface area contributed by atoms with Crippen LogP contribution in [-0.4, -0.2) is 13.2 Å². The topological polar surface area (TPSA) is 9.23 Å². The molecule has 0 N–H and O–H groups in total. The van der Waals surface area contributed by atoms with Crippen LogP contribution < -0.4 is 0 Å². The lowest BCUT2D eigenvalue weighted by atomic mass is 9.92. The molecule has 1 aliphatic heterocycles. The maximum atomic E-state index is 5.49. The number of aryl methyl sites for hydroxylation is 1. The fourth-order valence-electron chi connectivity index (χ4n) is 1.88. The molecule has 13 heavy (non-hydrogen) atoms. The Hall–Kier alpha value is -0.340. The molecule has 0 spiro atoms. The summed E-state index contributed by atoms with van der Waals surface area (Å²) in [5, 5.41) is 5.61. The van der Waals surface area contributed by atoms with Gasteiger partial charge in [-0.05, 0) is 35.8 Å². The summed E-state index contributed by atoms with van der Waals surface area (Å²) in [6.07, 6.45) is 3.61. The summed E-state index contributed by atoms with van der Waals surface area (Å²) in [6.45, 7) is 4.06. The van der Waals surface area contributed by atoms with Crippen LogP contribution in [0.25, 0.3) is 0 Å². The quantitative estimate of drug-likeness (QED) is 0.705. The Morgan fingerprint density at radius 2 is 2.62 bits per heavy atom. The Morgan fingerprint density at radius 3 is 3.31 bits per heavy atom. The Morgan fingerprint density at radius 1 is 1.69 bits per heavy atom. The summed E-state index contributed by atoms with van der Waals surface area (Å²) in [5.74, 6) is 0.620. The van der Waals surface area contributed by atoms with Crippen LogP contribution in [0.4, 0.5) is 0 Å². The molecule has 0 saturated carbocycles. The van der Waals surface area contributed by atoms with Crippen LogP contribution in [-0.2, 0) is 11.2 Å². The normalized spacial score (nSPS) is 23.3. The smallest absolute Gasteiger partial charge is 0.0535 e. The van der Waals surface area contributed by atoms with Crippen molar-refractivity contribution >= 4 is 11.3 Å². The third-order valence-electron chi connectivity index (χ3n) is 2.67. The van der Waals surface area contributed by atoms with Crippen LogP contribution in [0.15, 0.2) is 5.38 Å². The Kier molecular flexibility index (Phi) is 3.01. The predicted molar refractivity (Wildman–Crippen MR) is 55.3 cm³/mol. The van der Waals surface area contributed by atoms with Crippen molar-refractivity contribution in [3.63, 3.8) is 0 Å². The summed E-state index contributed by atoms with van der Waals surface area (Å²) in [4.78, 5) is 0. The molecule has 1 fully saturated rings. The minimum absolute atomic E-state index is 0.620. The van der Waals surface area contributed by atoms with E-state index in [1.165, 1.54) is 24.0 Å². The molecule has 0 amide bonds. The highest BCUT2D eigenvalue weighted by molar-refractivity contribution is 7.07. The van der Waals surface area contributed by atoms with Crippen LogP contribution in [0.1, 0.15) is 36.8 Å². The third-order valence-corrected chi connectivity index (χ3v) is 3.41. The van der Waals surface area contributed by atoms with E-state index in [0.29, 0.717) is 5.92 Å². The molecular weight excluding hydrogens is 180 g/mol. The van der Waals surface area contributed by atoms with Gasteiger partial charge < -0.3 is 4.74 Å². The van der Waals surface area contributed by atoms with Gasteiger partial charge in [-0.25, -0.2) is 0 Å². The first-order valence-corrected chi connectivity index (χ1v) is 5.85. The molecule has 0 aromatic carbocycles. The van der Waals surface area contributed by atoms with Crippen molar-refractivity contribution in [3.8, 4) is 0 Å². The standard InChI is InChI=1S/C11H15OS/c1-2-9-7-13-8-11(9)10-4-3-5-12-6-10/h7,10H,2-6H2,1H3. The Balaban J connectivity index is 2.13. The fourth-order valence-corrected chi connectivity index (χ4v) is 2.80. The van der Waals surface area contributed by atoms with E-state index in [2.05, 4.69) is 17.7 Å². The van der Waals surface area contributed by atoms with Crippen LogP contribution in [0.5, 0.6) is 0 Å². The second kappa shape index (κ2) is 4.25. The molecule has 71 valence electrons. The summed E-state index contributed by atoms with van der Waals surface area (Å²) >= 11 is 1.70. The Labute approximate surface area is 83.7 Å². The van der Waals surface area contributed by atoms with E-state index in [-0.39, 0.29) is 0 Å². The van der Waals surface area contributed by atoms with E-state index in [1.54, 1.807) is 11.3 Å². The summed E-state index contributed by atoms with van der Waals surface area (Å²) in [7, 11) is 0. The van der Waals surface area contributed by atoms with Crippen molar-refractivity contribution < 1.29 is 4.74 Å². The molecule has 1 radical (unpaired) electrons. The first-order chi connectivity index (χ1) is 6.42. The predicted octanol–water partition coefficient (Wildman–Crippen LogP) is 3.00. The van der Waals surface area contributed by atoms with Crippen molar-refractivity contribution in [2.45, 2.75) is 32.1 Å². The lowest BCUT2D eigenvalue weighted by molar-refractivity contribution is 0.0803. The largest absolute Gasteiger partial charge is 0.381 e. The average molecular weight is 195 g/mol. The van der Waals surface area contributed by atoms with Crippen molar-refractivity contribution in [2.24, 2.45) is 0 Å². The highest BCUT2D eigenvalue weighted by atomic mass is 32.1. The van der Waals surface area contributed by atoms with E-state index in [9.17, 15) is 0 Å². The number of hydrogen-bond acceptors (Lipinski definition) is 2. The van der Waals surface area contributed by atoms with Crippen LogP contribution in [0.3, 0.4) is 0 Å². The highest BCUT2D eigenvalue weighted by Crippen LogP contribution is 2.30. The molecule has 0 bridgehead atoms. The number of hydrogen-bond donors (Lipinski definition) is 0. The number of thiophene rings is 1. The second-order valence-corrected chi connectivity index (χ2v) is 4.22. The lowest BCUT2D eigenvalue weighted by Crippen LogP contribution is -2.15. The van der Waals surface area contributed by atoms with Crippen molar-refractivity contribution in [3.05, 3.63) is 21.9 Å². The van der Waals surface area contributed by atoms with Crippen molar-refractivity contribution in [1.82, 2.24) is 0 Å². The molecular formula is C11H15OS. The van der Waals surface area contributed by atoms with Gasteiger partial charge in [-0.3, -0.25) is 0 Å². The minimum Gasteiger partial charge on any atom is -0.381 e. The molecule has 2 rings (SSSR count). The number of rotatable bonds is 2. The van der Waals surface area contributed by atoms with Gasteiger partial charge in [0.25, 0.3) is 0 Å². The number of ether oxygens (including phenoxy) is 1. The molecule has 1 saturated heterocycles. The summed E-state index contributed by atoms with van der Waals surface area (Å²) in [5.41, 5.74) is 2.90. The van der Waals surface area contributed by atoms with Gasteiger partial charge >= 0.3 is 0 Å². The first-order valence-electron chi connectivity index (χ1n) is 4.97. The van der Waals surface area contributed by atoms with Gasteiger partial charge in [0.05, 0.1) is 6.61 Å². The molecule has 1 aliphatic rings. The lowest BCUT2D eigenvalue weighted by Gasteiger charge is -2.22. The minimum atomic E-state index is 0.620. The van der Waals surface area contributed by atoms with Crippen LogP contribution in [0, 0.1) is 5.38 Å². The van der Waals surface area contributed by atoms with E-state index >= 15 is 0 Å². The first kappa shape index (κ1) is 9.22. The fraction of sp³-hybridized carbons (Fsp3) is 0.636. The van der Waals surface area contributed by atoms with E-state index in [1.807, 2.05) is 0 Å². The van der Waals surface area contributed by atoms with Crippen molar-refractivity contribution in [1.29, 1.82) is 0 Å². The monoisotopic (exact) mass is 195 g/mol. The van der Waals surface area contributed by atoms with E-state index < -0.39 is 0 Å². The van der Waals surface area contributed by atoms with Gasteiger partial charge in [0, 0.05) is 17.9 Å². The summed E-state index contributed by atoms with van der Waals surface area (Å²) < 4.78 is 5.49. The van der Waals surface area contributed by atoms with E-state index in [0.717, 1.165) is 19.6 Å².